The molecule has 0 aliphatic carbocycles. The van der Waals surface area contributed by atoms with Crippen molar-refractivity contribution < 1.29 is 43.1 Å². The normalized spacial score (nSPS) is 20.9. The Bertz CT molecular complexity index is 523. The Morgan fingerprint density at radius 3 is 1.16 bits per heavy atom. The monoisotopic (exact) mass is 425 g/mol. The molecule has 0 amide bonds. The minimum Gasteiger partial charge on any atom is -0.324 e. The number of hydrogen-bond acceptors (Lipinski definition) is 6. The van der Waals surface area contributed by atoms with E-state index in [4.69, 9.17) is 29.4 Å². The number of nitrogens with zero attached hydrogens (tertiary/aromatic N) is 3. The fourth-order valence-electron chi connectivity index (χ4n) is 2.48. The van der Waals surface area contributed by atoms with E-state index in [9.17, 15) is 13.7 Å². The maximum Gasteiger partial charge on any atom is 0.339 e. The fourth-order valence-corrected chi connectivity index (χ4v) is 4.63. The first-order valence-electron chi connectivity index (χ1n) is 7.54. The Hall–Kier alpha value is 0.330. The molecule has 25 heavy (non-hydrogen) atoms. The molecule has 1 saturated heterocycles. The molecule has 1 fully saturated rings. The van der Waals surface area contributed by atoms with Gasteiger partial charge in [0.15, 0.2) is 0 Å². The minimum absolute atomic E-state index is 0.0811. The van der Waals surface area contributed by atoms with Crippen molar-refractivity contribution in [2.24, 2.45) is 0 Å². The van der Waals surface area contributed by atoms with E-state index in [0.29, 0.717) is 13.1 Å². The lowest BCUT2D eigenvalue weighted by Crippen LogP contribution is -2.37. The maximum absolute atomic E-state index is 11.2. The van der Waals surface area contributed by atoms with Crippen molar-refractivity contribution in [1.82, 2.24) is 14.7 Å². The van der Waals surface area contributed by atoms with Crippen LogP contribution in [0.5, 0.6) is 0 Å². The molecule has 0 unspecified atom stereocenters. The van der Waals surface area contributed by atoms with Crippen molar-refractivity contribution in [1.29, 1.82) is 0 Å². The summed E-state index contributed by atoms with van der Waals surface area (Å²) >= 11 is 0. The number of hydrogen-bond donors (Lipinski definition) is 6. The molecule has 1 aliphatic rings. The quantitative estimate of drug-likeness (QED) is 0.256. The summed E-state index contributed by atoms with van der Waals surface area (Å²) in [6.07, 6.45) is -1.32. The van der Waals surface area contributed by atoms with E-state index in [1.807, 2.05) is 0 Å². The first kappa shape index (κ1) is 23.4. The second-order valence-electron chi connectivity index (χ2n) is 6.08. The van der Waals surface area contributed by atoms with Gasteiger partial charge in [-0.15, -0.1) is 0 Å². The molecule has 0 saturated carbocycles. The summed E-state index contributed by atoms with van der Waals surface area (Å²) in [5, 5.41) is 0. The van der Waals surface area contributed by atoms with Gasteiger partial charge in [-0.1, -0.05) is 0 Å². The van der Waals surface area contributed by atoms with E-state index in [1.165, 1.54) is 9.80 Å². The summed E-state index contributed by atoms with van der Waals surface area (Å²) in [4.78, 5) is 59.3. The van der Waals surface area contributed by atoms with Crippen LogP contribution >= 0.6 is 22.8 Å². The minimum atomic E-state index is -4.29. The second kappa shape index (κ2) is 9.50. The molecule has 0 aromatic carbocycles. The molecule has 0 aromatic rings. The van der Waals surface area contributed by atoms with Crippen LogP contribution in [-0.4, -0.2) is 109 Å². The third-order valence-electron chi connectivity index (χ3n) is 3.67. The molecular formula is C10H26N3O9P3. The summed E-state index contributed by atoms with van der Waals surface area (Å²) in [6.45, 7) is 1.74. The van der Waals surface area contributed by atoms with E-state index in [-0.39, 0.29) is 38.9 Å². The zero-order chi connectivity index (χ0) is 19.3. The lowest BCUT2D eigenvalue weighted by atomic mass is 10.4. The summed E-state index contributed by atoms with van der Waals surface area (Å²) in [6, 6.07) is 0. The van der Waals surface area contributed by atoms with Gasteiger partial charge in [-0.05, 0) is 0 Å². The van der Waals surface area contributed by atoms with Gasteiger partial charge in [-0.3, -0.25) is 23.5 Å². The van der Waals surface area contributed by atoms with Crippen LogP contribution in [0.3, 0.4) is 0 Å². The van der Waals surface area contributed by atoms with Gasteiger partial charge in [0.05, 0.1) is 6.16 Å². The largest absolute Gasteiger partial charge is 0.339 e. The molecule has 0 atom stereocenters. The van der Waals surface area contributed by atoms with Crippen LogP contribution in [0.4, 0.5) is 0 Å². The molecule has 0 spiro atoms. The van der Waals surface area contributed by atoms with Gasteiger partial charge in [-0.25, -0.2) is 0 Å². The van der Waals surface area contributed by atoms with Gasteiger partial charge in [-0.2, -0.15) is 0 Å². The van der Waals surface area contributed by atoms with Crippen molar-refractivity contribution in [3.8, 4) is 0 Å². The summed E-state index contributed by atoms with van der Waals surface area (Å²) in [7, 11) is -12.8. The van der Waals surface area contributed by atoms with Gasteiger partial charge < -0.3 is 34.3 Å². The van der Waals surface area contributed by atoms with E-state index in [1.54, 1.807) is 4.90 Å². The van der Waals surface area contributed by atoms with Crippen molar-refractivity contribution in [3.05, 3.63) is 0 Å². The molecule has 15 heteroatoms. The van der Waals surface area contributed by atoms with Crippen LogP contribution in [0, 0.1) is 0 Å². The SMILES string of the molecule is O=P(O)(O)CCN1CCN(CP(=O)(O)O)CCN(CP(=O)(O)O)CC1. The molecule has 0 radical (unpaired) electrons. The molecule has 1 rings (SSSR count). The van der Waals surface area contributed by atoms with Crippen molar-refractivity contribution >= 4 is 22.8 Å². The highest BCUT2D eigenvalue weighted by Gasteiger charge is 2.26. The topological polar surface area (TPSA) is 182 Å². The Morgan fingerprint density at radius 2 is 0.880 bits per heavy atom. The van der Waals surface area contributed by atoms with Crippen molar-refractivity contribution in [2.45, 2.75) is 0 Å². The van der Waals surface area contributed by atoms with Crippen molar-refractivity contribution in [2.75, 3.05) is 64.5 Å². The molecule has 0 bridgehead atoms. The fraction of sp³-hybridized carbons (Fsp3) is 1.00. The van der Waals surface area contributed by atoms with E-state index >= 15 is 0 Å². The number of rotatable bonds is 7. The molecule has 6 N–H and O–H groups in total. The predicted molar refractivity (Wildman–Crippen MR) is 90.3 cm³/mol. The molecule has 12 nitrogen and oxygen atoms in total. The standard InChI is InChI=1S/C10H26N3O9P3/c14-23(15,16)8-7-11-1-3-12(9-24(17,18)19)5-6-13(4-2-11)10-25(20,21)22/h1-10H2,(H2,14,15,16)(H2,17,18,19)(H2,20,21,22). The Labute approximate surface area is 145 Å². The average Bonchev–Trinajstić information content (AvgIpc) is 2.45. The Balaban J connectivity index is 2.79. The van der Waals surface area contributed by atoms with Gasteiger partial charge >= 0.3 is 22.8 Å². The predicted octanol–water partition coefficient (Wildman–Crippen LogP) is -1.65. The highest BCUT2D eigenvalue weighted by atomic mass is 31.2. The van der Waals surface area contributed by atoms with Crippen LogP contribution < -0.4 is 0 Å². The van der Waals surface area contributed by atoms with E-state index in [0.717, 1.165) is 0 Å². The zero-order valence-corrected chi connectivity index (χ0v) is 16.3. The summed E-state index contributed by atoms with van der Waals surface area (Å²) in [5.74, 6) is 0. The van der Waals surface area contributed by atoms with Crippen LogP contribution in [0.25, 0.3) is 0 Å². The maximum atomic E-state index is 11.2. The molecule has 1 heterocycles. The van der Waals surface area contributed by atoms with Crippen LogP contribution in [0.2, 0.25) is 0 Å². The van der Waals surface area contributed by atoms with Crippen molar-refractivity contribution in [3.63, 3.8) is 0 Å². The third-order valence-corrected chi connectivity index (χ3v) is 5.99. The summed E-state index contributed by atoms with van der Waals surface area (Å²) in [5.41, 5.74) is 0. The Morgan fingerprint density at radius 1 is 0.560 bits per heavy atom. The molecule has 0 aromatic heterocycles. The lowest BCUT2D eigenvalue weighted by Gasteiger charge is -2.25. The highest BCUT2D eigenvalue weighted by Crippen LogP contribution is 2.37. The highest BCUT2D eigenvalue weighted by molar-refractivity contribution is 7.52. The smallest absolute Gasteiger partial charge is 0.324 e. The van der Waals surface area contributed by atoms with Crippen LogP contribution in [-0.2, 0) is 13.7 Å². The van der Waals surface area contributed by atoms with Crippen LogP contribution in [0.1, 0.15) is 0 Å². The lowest BCUT2D eigenvalue weighted by molar-refractivity contribution is 0.229. The van der Waals surface area contributed by atoms with E-state index < -0.39 is 35.4 Å². The molecule has 150 valence electrons. The molecule has 1 aliphatic heterocycles. The summed E-state index contributed by atoms with van der Waals surface area (Å²) < 4.78 is 33.5. The molecular weight excluding hydrogens is 399 g/mol. The van der Waals surface area contributed by atoms with E-state index in [2.05, 4.69) is 0 Å². The van der Waals surface area contributed by atoms with Crippen LogP contribution in [0.15, 0.2) is 0 Å². The Kier molecular flexibility index (Phi) is 8.88. The van der Waals surface area contributed by atoms with Gasteiger partial charge in [0, 0.05) is 45.8 Å². The second-order valence-corrected chi connectivity index (χ2v) is 11.1. The van der Waals surface area contributed by atoms with Gasteiger partial charge in [0.1, 0.15) is 12.6 Å². The van der Waals surface area contributed by atoms with Gasteiger partial charge in [0.2, 0.25) is 0 Å². The van der Waals surface area contributed by atoms with Gasteiger partial charge in [0.25, 0.3) is 0 Å². The third kappa shape index (κ3) is 12.4. The first-order chi connectivity index (χ1) is 11.2. The first-order valence-corrected chi connectivity index (χ1v) is 12.9. The average molecular weight is 425 g/mol. The zero-order valence-electron chi connectivity index (χ0n) is 13.7.